The SMILES string of the molecule is CC(C)(C)OC(=O)N1C([Si](C)(C)C)CCCC1[Si](C)(C)C. The molecule has 2 unspecified atom stereocenters. The molecule has 3 nitrogen and oxygen atoms in total. The zero-order chi connectivity index (χ0) is 16.6. The van der Waals surface area contributed by atoms with Gasteiger partial charge in [-0.1, -0.05) is 39.3 Å². The number of amides is 1. The molecule has 0 aromatic rings. The average molecular weight is 330 g/mol. The van der Waals surface area contributed by atoms with E-state index in [0.717, 1.165) is 12.8 Å². The van der Waals surface area contributed by atoms with Gasteiger partial charge >= 0.3 is 6.09 Å². The molecule has 0 saturated carbocycles. The van der Waals surface area contributed by atoms with Crippen LogP contribution in [0.15, 0.2) is 0 Å². The van der Waals surface area contributed by atoms with Crippen LogP contribution in [0.1, 0.15) is 40.0 Å². The van der Waals surface area contributed by atoms with Gasteiger partial charge in [0, 0.05) is 11.3 Å². The molecular formula is C16H35NO2Si2. The number of likely N-dealkylation sites (tertiary alicyclic amines) is 1. The van der Waals surface area contributed by atoms with Gasteiger partial charge < -0.3 is 9.64 Å². The van der Waals surface area contributed by atoms with Crippen LogP contribution in [-0.4, -0.2) is 44.1 Å². The molecule has 0 aromatic carbocycles. The number of rotatable bonds is 2. The maximum atomic E-state index is 12.9. The first kappa shape index (κ1) is 18.8. The van der Waals surface area contributed by atoms with Gasteiger partial charge in [0.2, 0.25) is 0 Å². The molecule has 0 aromatic heterocycles. The maximum absolute atomic E-state index is 12.9. The normalized spacial score (nSPS) is 24.9. The molecule has 5 heteroatoms. The molecule has 0 radical (unpaired) electrons. The summed E-state index contributed by atoms with van der Waals surface area (Å²) in [6, 6.07) is 0. The summed E-state index contributed by atoms with van der Waals surface area (Å²) in [5.41, 5.74) is 0.415. The topological polar surface area (TPSA) is 29.5 Å². The zero-order valence-corrected chi connectivity index (χ0v) is 17.5. The first-order chi connectivity index (χ1) is 9.23. The van der Waals surface area contributed by atoms with Gasteiger partial charge in [-0.05, 0) is 40.0 Å². The predicted octanol–water partition coefficient (Wildman–Crippen LogP) is 4.90. The van der Waals surface area contributed by atoms with Crippen LogP contribution in [0.5, 0.6) is 0 Å². The molecule has 1 saturated heterocycles. The second-order valence-electron chi connectivity index (χ2n) is 9.58. The highest BCUT2D eigenvalue weighted by molar-refractivity contribution is 6.79. The molecule has 0 N–H and O–H groups in total. The van der Waals surface area contributed by atoms with Crippen molar-refractivity contribution in [1.82, 2.24) is 4.90 Å². The van der Waals surface area contributed by atoms with E-state index in [0.29, 0.717) is 11.3 Å². The standard InChI is InChI=1S/C16H35NO2Si2/c1-16(2,3)19-15(18)17-13(20(4,5)6)11-10-12-14(17)21(7,8)9/h13-14H,10-12H2,1-9H3. The quantitative estimate of drug-likeness (QED) is 0.674. The van der Waals surface area contributed by atoms with Crippen molar-refractivity contribution in [2.24, 2.45) is 0 Å². The molecule has 0 bridgehead atoms. The Kier molecular flexibility index (Phi) is 5.42. The van der Waals surface area contributed by atoms with E-state index in [9.17, 15) is 4.79 Å². The van der Waals surface area contributed by atoms with Crippen LogP contribution in [0.4, 0.5) is 4.79 Å². The number of piperidine rings is 1. The van der Waals surface area contributed by atoms with Gasteiger partial charge in [-0.2, -0.15) is 0 Å². The molecule has 2 atom stereocenters. The number of hydrogen-bond donors (Lipinski definition) is 0. The lowest BCUT2D eigenvalue weighted by Gasteiger charge is -2.50. The van der Waals surface area contributed by atoms with Crippen molar-refractivity contribution < 1.29 is 9.53 Å². The Morgan fingerprint density at radius 1 is 0.952 bits per heavy atom. The van der Waals surface area contributed by atoms with E-state index in [4.69, 9.17) is 4.74 Å². The summed E-state index contributed by atoms with van der Waals surface area (Å²) in [6.45, 7) is 20.1. The van der Waals surface area contributed by atoms with Gasteiger partial charge in [0.1, 0.15) is 5.60 Å². The highest BCUT2D eigenvalue weighted by Crippen LogP contribution is 2.34. The summed E-state index contributed by atoms with van der Waals surface area (Å²) in [6.07, 6.45) is 3.47. The molecule has 1 heterocycles. The van der Waals surface area contributed by atoms with Crippen LogP contribution < -0.4 is 0 Å². The number of nitrogens with zero attached hydrogens (tertiary/aromatic N) is 1. The van der Waals surface area contributed by atoms with Crippen LogP contribution in [0.25, 0.3) is 0 Å². The van der Waals surface area contributed by atoms with E-state index in [1.54, 1.807) is 0 Å². The molecule has 1 fully saturated rings. The van der Waals surface area contributed by atoms with E-state index in [2.05, 4.69) is 44.2 Å². The Hall–Kier alpha value is -0.296. The second-order valence-corrected chi connectivity index (χ2v) is 20.4. The maximum Gasteiger partial charge on any atom is 0.410 e. The van der Waals surface area contributed by atoms with E-state index in [1.165, 1.54) is 6.42 Å². The third-order valence-corrected chi connectivity index (χ3v) is 9.36. The van der Waals surface area contributed by atoms with E-state index >= 15 is 0 Å². The molecule has 124 valence electrons. The summed E-state index contributed by atoms with van der Waals surface area (Å²) in [7, 11) is -2.86. The summed E-state index contributed by atoms with van der Waals surface area (Å²) < 4.78 is 5.76. The molecule has 0 aliphatic carbocycles. The Bertz CT molecular complexity index is 355. The van der Waals surface area contributed by atoms with Crippen LogP contribution in [0, 0.1) is 0 Å². The van der Waals surface area contributed by atoms with Gasteiger partial charge in [0.15, 0.2) is 0 Å². The third kappa shape index (κ3) is 5.13. The summed E-state index contributed by atoms with van der Waals surface area (Å²) >= 11 is 0. The molecule has 1 aliphatic rings. The number of carbonyl (C=O) groups is 1. The predicted molar refractivity (Wildman–Crippen MR) is 96.2 cm³/mol. The number of carbonyl (C=O) groups excluding carboxylic acids is 1. The lowest BCUT2D eigenvalue weighted by molar-refractivity contribution is 0.0116. The monoisotopic (exact) mass is 329 g/mol. The van der Waals surface area contributed by atoms with Crippen LogP contribution in [0.2, 0.25) is 39.3 Å². The van der Waals surface area contributed by atoms with Crippen molar-refractivity contribution in [3.8, 4) is 0 Å². The minimum atomic E-state index is -1.43. The Balaban J connectivity index is 3.13. The fourth-order valence-corrected chi connectivity index (χ4v) is 7.80. The van der Waals surface area contributed by atoms with Gasteiger partial charge in [0.05, 0.1) is 16.1 Å². The minimum absolute atomic E-state index is 0.0814. The highest BCUT2D eigenvalue weighted by Gasteiger charge is 2.46. The first-order valence-electron chi connectivity index (χ1n) is 8.25. The molecule has 1 amide bonds. The molecule has 1 rings (SSSR count). The third-order valence-electron chi connectivity index (χ3n) is 4.23. The minimum Gasteiger partial charge on any atom is -0.444 e. The number of hydrogen-bond acceptors (Lipinski definition) is 2. The zero-order valence-electron chi connectivity index (χ0n) is 15.5. The number of ether oxygens (including phenoxy) is 1. The van der Waals surface area contributed by atoms with Crippen LogP contribution >= 0.6 is 0 Å². The van der Waals surface area contributed by atoms with E-state index in [-0.39, 0.29) is 6.09 Å². The molecule has 21 heavy (non-hydrogen) atoms. The average Bonchev–Trinajstić information content (AvgIpc) is 2.23. The Labute approximate surface area is 133 Å². The van der Waals surface area contributed by atoms with Crippen molar-refractivity contribution in [3.05, 3.63) is 0 Å². The van der Waals surface area contributed by atoms with Crippen LogP contribution in [-0.2, 0) is 4.74 Å². The summed E-state index contributed by atoms with van der Waals surface area (Å²) in [5, 5.41) is 0. The van der Waals surface area contributed by atoms with E-state index < -0.39 is 21.7 Å². The van der Waals surface area contributed by atoms with Crippen molar-refractivity contribution in [3.63, 3.8) is 0 Å². The fraction of sp³-hybridized carbons (Fsp3) is 0.938. The van der Waals surface area contributed by atoms with E-state index in [1.807, 2.05) is 20.8 Å². The summed E-state index contributed by atoms with van der Waals surface area (Å²) in [4.78, 5) is 15.0. The van der Waals surface area contributed by atoms with Gasteiger partial charge in [-0.25, -0.2) is 4.79 Å². The second kappa shape index (κ2) is 6.07. The lowest BCUT2D eigenvalue weighted by Crippen LogP contribution is -2.65. The fourth-order valence-electron chi connectivity index (χ4n) is 3.27. The van der Waals surface area contributed by atoms with Crippen molar-refractivity contribution in [1.29, 1.82) is 0 Å². The van der Waals surface area contributed by atoms with Crippen molar-refractivity contribution >= 4 is 22.2 Å². The van der Waals surface area contributed by atoms with Crippen LogP contribution in [0.3, 0.4) is 0 Å². The van der Waals surface area contributed by atoms with Crippen molar-refractivity contribution in [2.75, 3.05) is 0 Å². The highest BCUT2D eigenvalue weighted by atomic mass is 28.3. The van der Waals surface area contributed by atoms with Gasteiger partial charge in [-0.15, -0.1) is 0 Å². The first-order valence-corrected chi connectivity index (χ1v) is 15.4. The van der Waals surface area contributed by atoms with Gasteiger partial charge in [-0.3, -0.25) is 0 Å². The molecule has 0 spiro atoms. The largest absolute Gasteiger partial charge is 0.444 e. The lowest BCUT2D eigenvalue weighted by atomic mass is 10.1. The van der Waals surface area contributed by atoms with Gasteiger partial charge in [0.25, 0.3) is 0 Å². The van der Waals surface area contributed by atoms with Crippen molar-refractivity contribution in [2.45, 2.75) is 96.2 Å². The molecule has 1 aliphatic heterocycles. The molecular weight excluding hydrogens is 294 g/mol. The Morgan fingerprint density at radius 3 is 1.62 bits per heavy atom. The smallest absolute Gasteiger partial charge is 0.410 e. The Morgan fingerprint density at radius 2 is 1.33 bits per heavy atom. The summed E-state index contributed by atoms with van der Waals surface area (Å²) in [5.74, 6) is 0.